The summed E-state index contributed by atoms with van der Waals surface area (Å²) in [5, 5.41) is 15.9. The summed E-state index contributed by atoms with van der Waals surface area (Å²) < 4.78 is 14.9. The monoisotopic (exact) mass is 425 g/mol. The van der Waals surface area contributed by atoms with E-state index in [1.807, 2.05) is 26.8 Å². The molecule has 1 aliphatic carbocycles. The summed E-state index contributed by atoms with van der Waals surface area (Å²) >= 11 is 0. The number of carbonyl (C=O) groups excluding carboxylic acids is 1. The molecule has 1 amide bonds. The van der Waals surface area contributed by atoms with E-state index >= 15 is 0 Å². The van der Waals surface area contributed by atoms with Crippen LogP contribution in [0, 0.1) is 19.8 Å². The number of halogens is 1. The zero-order valence-corrected chi connectivity index (χ0v) is 17.5. The number of aliphatic hydroxyl groups excluding tert-OH is 1. The molecule has 4 rings (SSSR count). The molecule has 0 saturated heterocycles. The van der Waals surface area contributed by atoms with Gasteiger partial charge in [-0.05, 0) is 38.3 Å². The van der Waals surface area contributed by atoms with Crippen LogP contribution in [0.1, 0.15) is 42.8 Å². The van der Waals surface area contributed by atoms with Crippen molar-refractivity contribution in [2.24, 2.45) is 5.92 Å². The number of hydrogen-bond donors (Lipinski definition) is 3. The molecule has 3 atom stereocenters. The second-order valence-electron chi connectivity index (χ2n) is 7.66. The van der Waals surface area contributed by atoms with E-state index < -0.39 is 18.2 Å². The van der Waals surface area contributed by atoms with Gasteiger partial charge in [0.2, 0.25) is 11.9 Å². The van der Waals surface area contributed by atoms with Crippen molar-refractivity contribution in [2.45, 2.75) is 45.9 Å². The quantitative estimate of drug-likeness (QED) is 0.532. The van der Waals surface area contributed by atoms with Gasteiger partial charge in [-0.15, -0.1) is 0 Å². The third-order valence-electron chi connectivity index (χ3n) is 5.13. The summed E-state index contributed by atoms with van der Waals surface area (Å²) in [7, 11) is 0. The van der Waals surface area contributed by atoms with E-state index in [0.717, 1.165) is 16.9 Å². The summed E-state index contributed by atoms with van der Waals surface area (Å²) in [5.41, 5.74) is 3.02. The molecule has 3 unspecified atom stereocenters. The molecule has 1 saturated carbocycles. The first kappa shape index (κ1) is 20.9. The van der Waals surface area contributed by atoms with Crippen LogP contribution in [0.2, 0.25) is 0 Å². The SMILES string of the molecule is CCC(O)c1cc(C)c(Nc2nc(C)cn2-c2cc(NC(=O)C3CC3F)ncn2)cn1. The maximum Gasteiger partial charge on any atom is 0.231 e. The van der Waals surface area contributed by atoms with Gasteiger partial charge < -0.3 is 15.7 Å². The molecule has 1 aliphatic rings. The zero-order valence-electron chi connectivity index (χ0n) is 17.5. The van der Waals surface area contributed by atoms with Gasteiger partial charge >= 0.3 is 0 Å². The van der Waals surface area contributed by atoms with Crippen molar-refractivity contribution in [3.63, 3.8) is 0 Å². The van der Waals surface area contributed by atoms with Crippen LogP contribution in [0.3, 0.4) is 0 Å². The first-order valence-corrected chi connectivity index (χ1v) is 10.1. The van der Waals surface area contributed by atoms with E-state index in [1.165, 1.54) is 6.33 Å². The lowest BCUT2D eigenvalue weighted by Crippen LogP contribution is -2.16. The molecule has 31 heavy (non-hydrogen) atoms. The normalized spacial score (nSPS) is 18.5. The molecule has 0 bridgehead atoms. The number of rotatable bonds is 7. The fraction of sp³-hybridized carbons (Fsp3) is 0.381. The Morgan fingerprint density at radius 3 is 2.77 bits per heavy atom. The van der Waals surface area contributed by atoms with Crippen LogP contribution in [0.15, 0.2) is 30.9 Å². The lowest BCUT2D eigenvalue weighted by molar-refractivity contribution is -0.117. The summed E-state index contributed by atoms with van der Waals surface area (Å²) in [6.07, 6.45) is 3.95. The van der Waals surface area contributed by atoms with Crippen LogP contribution in [0.4, 0.5) is 21.8 Å². The predicted octanol–water partition coefficient (Wildman–Crippen LogP) is 3.16. The fourth-order valence-electron chi connectivity index (χ4n) is 3.18. The number of alkyl halides is 1. The third-order valence-corrected chi connectivity index (χ3v) is 5.13. The molecule has 1 fully saturated rings. The van der Waals surface area contributed by atoms with Gasteiger partial charge in [-0.1, -0.05) is 6.92 Å². The number of carbonyl (C=O) groups is 1. The summed E-state index contributed by atoms with van der Waals surface area (Å²) in [4.78, 5) is 29.2. The van der Waals surface area contributed by atoms with E-state index in [-0.39, 0.29) is 12.3 Å². The van der Waals surface area contributed by atoms with Crippen molar-refractivity contribution in [1.29, 1.82) is 0 Å². The largest absolute Gasteiger partial charge is 0.387 e. The lowest BCUT2D eigenvalue weighted by Gasteiger charge is -2.14. The van der Waals surface area contributed by atoms with E-state index in [4.69, 9.17) is 0 Å². The van der Waals surface area contributed by atoms with Gasteiger partial charge in [-0.3, -0.25) is 14.3 Å². The molecule has 162 valence electrons. The van der Waals surface area contributed by atoms with Crippen LogP contribution in [0.5, 0.6) is 0 Å². The number of imidazole rings is 1. The highest BCUT2D eigenvalue weighted by atomic mass is 19.1. The molecule has 9 nitrogen and oxygen atoms in total. The zero-order chi connectivity index (χ0) is 22.1. The number of aryl methyl sites for hydroxylation is 2. The van der Waals surface area contributed by atoms with Crippen molar-refractivity contribution in [1.82, 2.24) is 24.5 Å². The van der Waals surface area contributed by atoms with Crippen LogP contribution in [0.25, 0.3) is 5.82 Å². The number of nitrogens with zero attached hydrogens (tertiary/aromatic N) is 5. The Morgan fingerprint density at radius 1 is 1.32 bits per heavy atom. The van der Waals surface area contributed by atoms with Crippen molar-refractivity contribution >= 4 is 23.4 Å². The second kappa shape index (κ2) is 8.38. The number of aliphatic hydroxyl groups is 1. The highest BCUT2D eigenvalue weighted by molar-refractivity contribution is 5.94. The van der Waals surface area contributed by atoms with Gasteiger partial charge in [0.25, 0.3) is 0 Å². The number of aromatic nitrogens is 5. The maximum atomic E-state index is 13.1. The van der Waals surface area contributed by atoms with Crippen molar-refractivity contribution in [3.8, 4) is 5.82 Å². The van der Waals surface area contributed by atoms with E-state index in [2.05, 4.69) is 30.6 Å². The summed E-state index contributed by atoms with van der Waals surface area (Å²) in [5.74, 6) is 0.309. The van der Waals surface area contributed by atoms with Crippen LogP contribution in [-0.4, -0.2) is 41.7 Å². The fourth-order valence-corrected chi connectivity index (χ4v) is 3.18. The molecular weight excluding hydrogens is 401 g/mol. The molecule has 10 heteroatoms. The highest BCUT2D eigenvalue weighted by Gasteiger charge is 2.43. The molecule has 3 aromatic heterocycles. The first-order valence-electron chi connectivity index (χ1n) is 10.1. The topological polar surface area (TPSA) is 118 Å². The van der Waals surface area contributed by atoms with Gasteiger partial charge in [0, 0.05) is 12.3 Å². The molecule has 0 aromatic carbocycles. The highest BCUT2D eigenvalue weighted by Crippen LogP contribution is 2.34. The molecule has 3 heterocycles. The maximum absolute atomic E-state index is 13.1. The molecule has 0 aliphatic heterocycles. The number of nitrogens with one attached hydrogen (secondary N) is 2. The van der Waals surface area contributed by atoms with Gasteiger partial charge in [0.15, 0.2) is 0 Å². The van der Waals surface area contributed by atoms with Crippen LogP contribution in [-0.2, 0) is 4.79 Å². The average molecular weight is 425 g/mol. The Hall–Kier alpha value is -3.40. The Labute approximate surface area is 178 Å². The Bertz CT molecular complexity index is 1120. The Kier molecular flexibility index (Phi) is 5.64. The minimum atomic E-state index is -1.07. The van der Waals surface area contributed by atoms with Crippen molar-refractivity contribution in [3.05, 3.63) is 47.8 Å². The van der Waals surface area contributed by atoms with Gasteiger partial charge in [-0.2, -0.15) is 0 Å². The minimum absolute atomic E-state index is 0.250. The standard InChI is InChI=1S/C21H24FN7O2/c1-4-17(30)15-5-11(2)16(8-23-15)27-21-26-12(3)9-29(21)19-7-18(24-10-25-19)28-20(31)13-6-14(13)22/h5,7-10,13-14,17,30H,4,6H2,1-3H3,(H,26,27)(H,24,25,28,31). The van der Waals surface area contributed by atoms with Crippen molar-refractivity contribution < 1.29 is 14.3 Å². The number of hydrogen-bond acceptors (Lipinski definition) is 7. The minimum Gasteiger partial charge on any atom is -0.387 e. The van der Waals surface area contributed by atoms with Gasteiger partial charge in [0.05, 0.1) is 35.3 Å². The molecule has 0 spiro atoms. The average Bonchev–Trinajstić information content (AvgIpc) is 3.38. The molecule has 3 aromatic rings. The summed E-state index contributed by atoms with van der Waals surface area (Å²) in [6, 6.07) is 3.44. The first-order chi connectivity index (χ1) is 14.9. The van der Waals surface area contributed by atoms with E-state index in [1.54, 1.807) is 23.0 Å². The summed E-state index contributed by atoms with van der Waals surface area (Å²) in [6.45, 7) is 5.67. The molecular formula is C21H24FN7O2. The Balaban J connectivity index is 1.58. The third kappa shape index (κ3) is 4.53. The van der Waals surface area contributed by atoms with Crippen LogP contribution < -0.4 is 10.6 Å². The van der Waals surface area contributed by atoms with Gasteiger partial charge in [0.1, 0.15) is 24.1 Å². The Morgan fingerprint density at radius 2 is 2.10 bits per heavy atom. The molecule has 0 radical (unpaired) electrons. The number of anilines is 3. The van der Waals surface area contributed by atoms with E-state index in [9.17, 15) is 14.3 Å². The predicted molar refractivity (Wildman–Crippen MR) is 113 cm³/mol. The number of amides is 1. The molecule has 3 N–H and O–H groups in total. The van der Waals surface area contributed by atoms with Crippen LogP contribution >= 0.6 is 0 Å². The van der Waals surface area contributed by atoms with Gasteiger partial charge in [-0.25, -0.2) is 19.3 Å². The lowest BCUT2D eigenvalue weighted by atomic mass is 10.1. The number of pyridine rings is 1. The second-order valence-corrected chi connectivity index (χ2v) is 7.66. The van der Waals surface area contributed by atoms with E-state index in [0.29, 0.717) is 29.7 Å². The van der Waals surface area contributed by atoms with Crippen molar-refractivity contribution in [2.75, 3.05) is 10.6 Å². The smallest absolute Gasteiger partial charge is 0.231 e.